The molecule has 0 bridgehead atoms. The lowest BCUT2D eigenvalue weighted by atomic mass is 10.1. The van der Waals surface area contributed by atoms with E-state index < -0.39 is 0 Å². The number of ether oxygens (including phenoxy) is 2. The predicted molar refractivity (Wildman–Crippen MR) is 134 cm³/mol. The highest BCUT2D eigenvalue weighted by atomic mass is 16.5. The molecule has 4 rings (SSSR count). The van der Waals surface area contributed by atoms with Crippen LogP contribution in [0.5, 0.6) is 5.75 Å². The summed E-state index contributed by atoms with van der Waals surface area (Å²) in [6.07, 6.45) is 7.63. The van der Waals surface area contributed by atoms with E-state index >= 15 is 0 Å². The SMILES string of the molecule is C=C1CCN(C2CCCC2)c2nc(Nc3ccc(C(=O)NCCOC)cc3OC)ncc2N1C. The van der Waals surface area contributed by atoms with Gasteiger partial charge < -0.3 is 29.9 Å². The van der Waals surface area contributed by atoms with Gasteiger partial charge >= 0.3 is 0 Å². The second kappa shape index (κ2) is 10.7. The molecule has 1 aromatic heterocycles. The lowest BCUT2D eigenvalue weighted by molar-refractivity contribution is 0.0937. The summed E-state index contributed by atoms with van der Waals surface area (Å²) in [5.41, 5.74) is 3.23. The molecule has 1 aliphatic heterocycles. The van der Waals surface area contributed by atoms with E-state index in [1.54, 1.807) is 26.4 Å². The van der Waals surface area contributed by atoms with Gasteiger partial charge in [0.2, 0.25) is 5.95 Å². The van der Waals surface area contributed by atoms with E-state index in [0.29, 0.717) is 42.1 Å². The highest BCUT2D eigenvalue weighted by Crippen LogP contribution is 2.38. The van der Waals surface area contributed by atoms with Gasteiger partial charge in [-0.15, -0.1) is 0 Å². The molecule has 0 unspecified atom stereocenters. The molecule has 0 radical (unpaired) electrons. The third-order valence-corrected chi connectivity index (χ3v) is 6.57. The maximum Gasteiger partial charge on any atom is 0.251 e. The molecule has 2 N–H and O–H groups in total. The van der Waals surface area contributed by atoms with Gasteiger partial charge in [-0.3, -0.25) is 4.79 Å². The molecule has 2 heterocycles. The van der Waals surface area contributed by atoms with Gasteiger partial charge in [0.05, 0.1) is 25.6 Å². The van der Waals surface area contributed by atoms with Crippen molar-refractivity contribution < 1.29 is 14.3 Å². The molecule has 0 saturated heterocycles. The Bertz CT molecular complexity index is 1040. The number of anilines is 4. The van der Waals surface area contributed by atoms with E-state index in [1.165, 1.54) is 25.7 Å². The summed E-state index contributed by atoms with van der Waals surface area (Å²) in [6.45, 7) is 6.04. The van der Waals surface area contributed by atoms with E-state index in [0.717, 1.165) is 30.2 Å². The predicted octanol–water partition coefficient (Wildman–Crippen LogP) is 3.71. The smallest absolute Gasteiger partial charge is 0.251 e. The molecule has 1 saturated carbocycles. The van der Waals surface area contributed by atoms with Crippen molar-refractivity contribution in [1.29, 1.82) is 0 Å². The van der Waals surface area contributed by atoms with Crippen molar-refractivity contribution in [1.82, 2.24) is 15.3 Å². The largest absolute Gasteiger partial charge is 0.495 e. The van der Waals surface area contributed by atoms with Crippen molar-refractivity contribution in [3.8, 4) is 5.75 Å². The zero-order chi connectivity index (χ0) is 24.1. The Kier molecular flexibility index (Phi) is 7.52. The zero-order valence-electron chi connectivity index (χ0n) is 20.3. The van der Waals surface area contributed by atoms with Crippen LogP contribution in [0.1, 0.15) is 42.5 Å². The lowest BCUT2D eigenvalue weighted by Gasteiger charge is -2.30. The Morgan fingerprint density at radius 3 is 2.79 bits per heavy atom. The number of carbonyl (C=O) groups is 1. The number of aromatic nitrogens is 2. The molecular weight excluding hydrogens is 432 g/mol. The Balaban J connectivity index is 1.59. The molecule has 0 spiro atoms. The summed E-state index contributed by atoms with van der Waals surface area (Å²) in [4.78, 5) is 26.4. The maximum absolute atomic E-state index is 12.4. The minimum absolute atomic E-state index is 0.182. The highest BCUT2D eigenvalue weighted by Gasteiger charge is 2.30. The summed E-state index contributed by atoms with van der Waals surface area (Å²) in [6, 6.07) is 5.75. The van der Waals surface area contributed by atoms with Crippen LogP contribution in [0.15, 0.2) is 36.7 Å². The number of methoxy groups -OCH3 is 2. The Morgan fingerprint density at radius 2 is 2.06 bits per heavy atom. The first-order valence-corrected chi connectivity index (χ1v) is 11.8. The minimum Gasteiger partial charge on any atom is -0.495 e. The lowest BCUT2D eigenvalue weighted by Crippen LogP contribution is -2.34. The van der Waals surface area contributed by atoms with E-state index in [9.17, 15) is 4.79 Å². The Labute approximate surface area is 201 Å². The van der Waals surface area contributed by atoms with E-state index in [-0.39, 0.29) is 5.91 Å². The van der Waals surface area contributed by atoms with Crippen LogP contribution in [0.4, 0.5) is 23.1 Å². The van der Waals surface area contributed by atoms with Gasteiger partial charge in [-0.05, 0) is 31.0 Å². The average molecular weight is 467 g/mol. The van der Waals surface area contributed by atoms with Crippen LogP contribution in [0, 0.1) is 0 Å². The molecule has 182 valence electrons. The number of nitrogens with one attached hydrogen (secondary N) is 2. The van der Waals surface area contributed by atoms with E-state index in [2.05, 4.69) is 32.0 Å². The van der Waals surface area contributed by atoms with Crippen LogP contribution in [0.3, 0.4) is 0 Å². The van der Waals surface area contributed by atoms with Gasteiger partial charge in [0.1, 0.15) is 11.4 Å². The first-order valence-electron chi connectivity index (χ1n) is 11.8. The molecule has 9 nitrogen and oxygen atoms in total. The number of nitrogens with zero attached hydrogens (tertiary/aromatic N) is 4. The quantitative estimate of drug-likeness (QED) is 0.569. The summed E-state index contributed by atoms with van der Waals surface area (Å²) in [5, 5.41) is 6.10. The van der Waals surface area contributed by atoms with Crippen LogP contribution in [0.2, 0.25) is 0 Å². The normalized spacial score (nSPS) is 16.3. The molecule has 1 aliphatic carbocycles. The number of carbonyl (C=O) groups excluding carboxylic acids is 1. The highest BCUT2D eigenvalue weighted by molar-refractivity contribution is 5.95. The third kappa shape index (κ3) is 5.09. The number of hydrogen-bond acceptors (Lipinski definition) is 8. The number of amides is 1. The zero-order valence-corrected chi connectivity index (χ0v) is 20.3. The monoisotopic (exact) mass is 466 g/mol. The van der Waals surface area contributed by atoms with Crippen molar-refractivity contribution >= 4 is 29.0 Å². The average Bonchev–Trinajstić information content (AvgIpc) is 3.35. The number of benzene rings is 1. The first kappa shape index (κ1) is 23.8. The third-order valence-electron chi connectivity index (χ3n) is 6.57. The first-order chi connectivity index (χ1) is 16.5. The van der Waals surface area contributed by atoms with Crippen LogP contribution in [0.25, 0.3) is 0 Å². The van der Waals surface area contributed by atoms with Crippen LogP contribution in [-0.4, -0.2) is 62.9 Å². The van der Waals surface area contributed by atoms with Crippen LogP contribution >= 0.6 is 0 Å². The number of hydrogen-bond donors (Lipinski definition) is 2. The maximum atomic E-state index is 12.4. The molecule has 1 fully saturated rings. The second-order valence-corrected chi connectivity index (χ2v) is 8.70. The van der Waals surface area contributed by atoms with Gasteiger partial charge in [0.15, 0.2) is 5.82 Å². The van der Waals surface area contributed by atoms with E-state index in [4.69, 9.17) is 14.5 Å². The fraction of sp³-hybridized carbons (Fsp3) is 0.480. The van der Waals surface area contributed by atoms with Crippen LogP contribution < -0.4 is 25.2 Å². The topological polar surface area (TPSA) is 91.9 Å². The second-order valence-electron chi connectivity index (χ2n) is 8.70. The fourth-order valence-corrected chi connectivity index (χ4v) is 4.56. The number of rotatable bonds is 8. The van der Waals surface area contributed by atoms with Crippen molar-refractivity contribution in [2.45, 2.75) is 38.1 Å². The van der Waals surface area contributed by atoms with Crippen molar-refractivity contribution in [2.24, 2.45) is 0 Å². The number of fused-ring (bicyclic) bond motifs is 1. The molecule has 2 aliphatic rings. The van der Waals surface area contributed by atoms with Gasteiger partial charge in [-0.2, -0.15) is 4.98 Å². The van der Waals surface area contributed by atoms with Crippen molar-refractivity contribution in [2.75, 3.05) is 56.1 Å². The molecule has 1 amide bonds. The molecule has 1 aromatic carbocycles. The van der Waals surface area contributed by atoms with Crippen molar-refractivity contribution in [3.63, 3.8) is 0 Å². The summed E-state index contributed by atoms with van der Waals surface area (Å²) in [7, 11) is 5.20. The standard InChI is InChI=1S/C25H34N6O3/c1-17-11-13-31(19-7-5-6-8-19)23-21(30(17)2)16-27-25(29-23)28-20-10-9-18(15-22(20)34-4)24(32)26-12-14-33-3/h9-10,15-16,19H,1,5-8,11-14H2,2-4H3,(H,26,32)(H,27,28,29). The van der Waals surface area contributed by atoms with Gasteiger partial charge in [0, 0.05) is 51.0 Å². The fourth-order valence-electron chi connectivity index (χ4n) is 4.56. The van der Waals surface area contributed by atoms with Gasteiger partial charge in [0.25, 0.3) is 5.91 Å². The molecule has 34 heavy (non-hydrogen) atoms. The van der Waals surface area contributed by atoms with Crippen molar-refractivity contribution in [3.05, 3.63) is 42.2 Å². The Hall–Kier alpha value is -3.33. The summed E-state index contributed by atoms with van der Waals surface area (Å²) < 4.78 is 10.5. The van der Waals surface area contributed by atoms with Gasteiger partial charge in [-0.1, -0.05) is 19.4 Å². The van der Waals surface area contributed by atoms with E-state index in [1.807, 2.05) is 19.3 Å². The molecule has 0 atom stereocenters. The summed E-state index contributed by atoms with van der Waals surface area (Å²) in [5.74, 6) is 1.77. The molecule has 2 aromatic rings. The molecule has 9 heteroatoms. The Morgan fingerprint density at radius 1 is 1.26 bits per heavy atom. The summed E-state index contributed by atoms with van der Waals surface area (Å²) >= 11 is 0. The minimum atomic E-state index is -0.182. The van der Waals surface area contributed by atoms with Crippen LogP contribution in [-0.2, 0) is 4.74 Å². The molecular formula is C25H34N6O3. The van der Waals surface area contributed by atoms with Gasteiger partial charge in [-0.25, -0.2) is 4.98 Å².